The maximum absolute atomic E-state index is 14.0. The Hall–Kier alpha value is -2.16. The van der Waals surface area contributed by atoms with Crippen LogP contribution in [0, 0.1) is 17.8 Å². The SMILES string of the molecule is CCOC(=O)[C@@H]1[C@H]2C(=O)N([C@@H](CO)CC(C)C)C(C(=O)Nc3ccccc3Cl)C23CC[C@@]1(C)O3. The molecule has 2 bridgehead atoms. The van der Waals surface area contributed by atoms with Crippen molar-refractivity contribution in [1.82, 2.24) is 4.90 Å². The van der Waals surface area contributed by atoms with E-state index in [4.69, 9.17) is 21.1 Å². The Balaban J connectivity index is 1.79. The van der Waals surface area contributed by atoms with E-state index >= 15 is 0 Å². The summed E-state index contributed by atoms with van der Waals surface area (Å²) in [5.74, 6) is -2.77. The summed E-state index contributed by atoms with van der Waals surface area (Å²) < 4.78 is 11.8. The van der Waals surface area contributed by atoms with Gasteiger partial charge in [-0.25, -0.2) is 0 Å². The summed E-state index contributed by atoms with van der Waals surface area (Å²) >= 11 is 6.28. The molecule has 1 spiro atoms. The highest BCUT2D eigenvalue weighted by Crippen LogP contribution is 2.63. The van der Waals surface area contributed by atoms with Crippen LogP contribution < -0.4 is 5.32 Å². The van der Waals surface area contributed by atoms with Gasteiger partial charge in [-0.15, -0.1) is 0 Å². The number of amides is 2. The van der Waals surface area contributed by atoms with E-state index in [-0.39, 0.29) is 25.0 Å². The largest absolute Gasteiger partial charge is 0.466 e. The minimum atomic E-state index is -1.18. The van der Waals surface area contributed by atoms with Crippen LogP contribution >= 0.6 is 11.6 Å². The van der Waals surface area contributed by atoms with Gasteiger partial charge in [0, 0.05) is 0 Å². The Bertz CT molecular complexity index is 986. The minimum absolute atomic E-state index is 0.172. The van der Waals surface area contributed by atoms with E-state index in [0.29, 0.717) is 30.0 Å². The molecule has 8 nitrogen and oxygen atoms in total. The molecule has 3 heterocycles. The maximum atomic E-state index is 14.0. The molecule has 0 aliphatic carbocycles. The van der Waals surface area contributed by atoms with Gasteiger partial charge in [0.15, 0.2) is 0 Å². The number of anilines is 1. The third-order valence-electron chi connectivity index (χ3n) is 7.48. The van der Waals surface area contributed by atoms with Crippen LogP contribution in [0.2, 0.25) is 5.02 Å². The molecule has 3 aliphatic heterocycles. The Morgan fingerprint density at radius 3 is 2.65 bits per heavy atom. The van der Waals surface area contributed by atoms with Crippen LogP contribution in [0.4, 0.5) is 5.69 Å². The summed E-state index contributed by atoms with van der Waals surface area (Å²) in [5.41, 5.74) is -1.65. The predicted molar refractivity (Wildman–Crippen MR) is 126 cm³/mol. The molecule has 3 saturated heterocycles. The fraction of sp³-hybridized carbons (Fsp3) is 0.640. The second kappa shape index (κ2) is 9.13. The molecule has 186 valence electrons. The first-order valence-corrected chi connectivity index (χ1v) is 12.3. The Morgan fingerprint density at radius 1 is 1.32 bits per heavy atom. The molecular weight excluding hydrogens is 460 g/mol. The zero-order valence-electron chi connectivity index (χ0n) is 20.0. The third kappa shape index (κ3) is 3.80. The molecule has 3 fully saturated rings. The molecule has 1 aromatic carbocycles. The van der Waals surface area contributed by atoms with Gasteiger partial charge in [-0.05, 0) is 51.2 Å². The van der Waals surface area contributed by atoms with Crippen molar-refractivity contribution in [2.45, 2.75) is 70.2 Å². The summed E-state index contributed by atoms with van der Waals surface area (Å²) in [6.45, 7) is 7.41. The van der Waals surface area contributed by atoms with Gasteiger partial charge in [-0.1, -0.05) is 37.6 Å². The number of carbonyl (C=O) groups excluding carboxylic acids is 3. The number of likely N-dealkylation sites (tertiary alicyclic amines) is 1. The fourth-order valence-electron chi connectivity index (χ4n) is 6.23. The summed E-state index contributed by atoms with van der Waals surface area (Å²) in [6.07, 6.45) is 1.48. The predicted octanol–water partition coefficient (Wildman–Crippen LogP) is 3.01. The lowest BCUT2D eigenvalue weighted by atomic mass is 9.66. The highest BCUT2D eigenvalue weighted by Gasteiger charge is 2.78. The molecule has 2 amide bonds. The molecular formula is C25H33ClN2O6. The van der Waals surface area contributed by atoms with Crippen LogP contribution in [0.3, 0.4) is 0 Å². The lowest BCUT2D eigenvalue weighted by molar-refractivity contribution is -0.160. The van der Waals surface area contributed by atoms with Crippen LogP contribution in [-0.4, -0.2) is 64.3 Å². The third-order valence-corrected chi connectivity index (χ3v) is 7.81. The molecule has 6 atom stereocenters. The number of rotatable bonds is 8. The fourth-order valence-corrected chi connectivity index (χ4v) is 6.41. The molecule has 2 unspecified atom stereocenters. The molecule has 3 aliphatic rings. The number of aliphatic hydroxyl groups is 1. The number of benzene rings is 1. The number of esters is 1. The zero-order valence-corrected chi connectivity index (χ0v) is 20.8. The second-order valence-corrected chi connectivity index (χ2v) is 10.6. The number of hydrogen-bond donors (Lipinski definition) is 2. The molecule has 4 rings (SSSR count). The standard InChI is InChI=1S/C25H33ClN2O6/c1-5-33-23(32)19-18-22(31)28(15(13-29)12-14(2)3)20(25(18)11-10-24(19,4)34-25)21(30)27-17-9-7-6-8-16(17)26/h6-9,14-15,18-20,29H,5,10-13H2,1-4H3,(H,27,30)/t15-,18+,19+,20?,24-,25?/m1/s1. The van der Waals surface area contributed by atoms with E-state index in [2.05, 4.69) is 5.32 Å². The summed E-state index contributed by atoms with van der Waals surface area (Å²) in [5, 5.41) is 13.5. The van der Waals surface area contributed by atoms with Crippen molar-refractivity contribution in [1.29, 1.82) is 0 Å². The second-order valence-electron chi connectivity index (χ2n) is 10.2. The number of aliphatic hydroxyl groups excluding tert-OH is 1. The van der Waals surface area contributed by atoms with Crippen LogP contribution in [0.5, 0.6) is 0 Å². The van der Waals surface area contributed by atoms with Crippen molar-refractivity contribution < 1.29 is 29.0 Å². The summed E-state index contributed by atoms with van der Waals surface area (Å²) in [7, 11) is 0. The maximum Gasteiger partial charge on any atom is 0.312 e. The van der Waals surface area contributed by atoms with Gasteiger partial charge in [0.1, 0.15) is 17.6 Å². The molecule has 2 N–H and O–H groups in total. The number of nitrogens with zero attached hydrogens (tertiary/aromatic N) is 1. The van der Waals surface area contributed by atoms with E-state index in [1.807, 2.05) is 20.8 Å². The van der Waals surface area contributed by atoms with Crippen LogP contribution in [0.25, 0.3) is 0 Å². The number of ether oxygens (including phenoxy) is 2. The lowest BCUT2D eigenvalue weighted by Crippen LogP contribution is -2.56. The van der Waals surface area contributed by atoms with Crippen molar-refractivity contribution in [2.24, 2.45) is 17.8 Å². The minimum Gasteiger partial charge on any atom is -0.466 e. The highest BCUT2D eigenvalue weighted by molar-refractivity contribution is 6.33. The first-order valence-electron chi connectivity index (χ1n) is 11.9. The average Bonchev–Trinajstić information content (AvgIpc) is 3.34. The smallest absolute Gasteiger partial charge is 0.312 e. The van der Waals surface area contributed by atoms with Crippen LogP contribution in [0.1, 0.15) is 47.0 Å². The molecule has 0 saturated carbocycles. The summed E-state index contributed by atoms with van der Waals surface area (Å²) in [4.78, 5) is 42.3. The number of nitrogens with one attached hydrogen (secondary N) is 1. The number of carbonyl (C=O) groups is 3. The van der Waals surface area contributed by atoms with Gasteiger partial charge in [0.25, 0.3) is 0 Å². The molecule has 34 heavy (non-hydrogen) atoms. The zero-order chi connectivity index (χ0) is 24.8. The van der Waals surface area contributed by atoms with Gasteiger partial charge in [0.05, 0.1) is 41.5 Å². The van der Waals surface area contributed by atoms with Gasteiger partial charge in [-0.3, -0.25) is 14.4 Å². The van der Waals surface area contributed by atoms with Gasteiger partial charge >= 0.3 is 5.97 Å². The first-order chi connectivity index (χ1) is 16.1. The Morgan fingerprint density at radius 2 is 2.03 bits per heavy atom. The van der Waals surface area contributed by atoms with Crippen molar-refractivity contribution in [3.8, 4) is 0 Å². The Kier molecular flexibility index (Phi) is 6.70. The van der Waals surface area contributed by atoms with E-state index < -0.39 is 47.0 Å². The number of halogens is 1. The molecule has 9 heteroatoms. The Labute approximate surface area is 204 Å². The average molecular weight is 493 g/mol. The highest BCUT2D eigenvalue weighted by atomic mass is 35.5. The van der Waals surface area contributed by atoms with Crippen LogP contribution in [0.15, 0.2) is 24.3 Å². The number of para-hydroxylation sites is 1. The summed E-state index contributed by atoms with van der Waals surface area (Å²) in [6, 6.07) is 5.26. The van der Waals surface area contributed by atoms with Gasteiger partial charge < -0.3 is 24.8 Å². The molecule has 0 aromatic heterocycles. The number of hydrogen-bond acceptors (Lipinski definition) is 6. The normalized spacial score (nSPS) is 32.7. The van der Waals surface area contributed by atoms with Gasteiger partial charge in [-0.2, -0.15) is 0 Å². The van der Waals surface area contributed by atoms with E-state index in [1.54, 1.807) is 31.2 Å². The first kappa shape index (κ1) is 24.9. The van der Waals surface area contributed by atoms with Crippen molar-refractivity contribution in [2.75, 3.05) is 18.5 Å². The lowest BCUT2D eigenvalue weighted by Gasteiger charge is -2.37. The van der Waals surface area contributed by atoms with E-state index in [1.165, 1.54) is 4.90 Å². The topological polar surface area (TPSA) is 105 Å². The molecule has 0 radical (unpaired) electrons. The van der Waals surface area contributed by atoms with E-state index in [0.717, 1.165) is 0 Å². The number of fused-ring (bicyclic) bond motifs is 1. The van der Waals surface area contributed by atoms with Crippen LogP contribution in [-0.2, 0) is 23.9 Å². The molecule has 1 aromatic rings. The van der Waals surface area contributed by atoms with Gasteiger partial charge in [0.2, 0.25) is 11.8 Å². The monoisotopic (exact) mass is 492 g/mol. The van der Waals surface area contributed by atoms with Crippen molar-refractivity contribution in [3.63, 3.8) is 0 Å². The van der Waals surface area contributed by atoms with Crippen molar-refractivity contribution in [3.05, 3.63) is 29.3 Å². The van der Waals surface area contributed by atoms with E-state index in [9.17, 15) is 19.5 Å². The van der Waals surface area contributed by atoms with Crippen molar-refractivity contribution >= 4 is 35.1 Å². The quantitative estimate of drug-likeness (QED) is 0.540.